The molecule has 0 fully saturated rings. The van der Waals surface area contributed by atoms with Gasteiger partial charge in [-0.15, -0.1) is 0 Å². The normalized spacial score (nSPS) is 12.9. The van der Waals surface area contributed by atoms with Gasteiger partial charge < -0.3 is 0 Å². The van der Waals surface area contributed by atoms with Crippen LogP contribution in [0.25, 0.3) is 16.9 Å². The molecule has 154 valence electrons. The van der Waals surface area contributed by atoms with Crippen LogP contribution >= 0.6 is 0 Å². The van der Waals surface area contributed by atoms with Crippen LogP contribution in [0.3, 0.4) is 0 Å². The predicted molar refractivity (Wildman–Crippen MR) is 96.7 cm³/mol. The SMILES string of the molecule is NS(=O)(=O)c1ccc(-c2cc(C(F)(F)F)nn2-c2ccccc2S(N)(=O)=O)cc1. The quantitative estimate of drug-likeness (QED) is 0.630. The van der Waals surface area contributed by atoms with E-state index >= 15 is 0 Å². The van der Waals surface area contributed by atoms with E-state index in [1.807, 2.05) is 0 Å². The number of sulfonamides is 2. The lowest BCUT2D eigenvalue weighted by atomic mass is 10.1. The Hall–Kier alpha value is -2.74. The van der Waals surface area contributed by atoms with Gasteiger partial charge in [-0.05, 0) is 30.3 Å². The second kappa shape index (κ2) is 6.95. The zero-order valence-electron chi connectivity index (χ0n) is 14.3. The molecule has 0 bridgehead atoms. The van der Waals surface area contributed by atoms with E-state index in [2.05, 4.69) is 5.10 Å². The molecule has 0 saturated carbocycles. The number of aromatic nitrogens is 2. The maximum atomic E-state index is 13.3. The van der Waals surface area contributed by atoms with Crippen LogP contribution in [0.1, 0.15) is 5.69 Å². The molecule has 0 aliphatic rings. The predicted octanol–water partition coefficient (Wildman–Crippen LogP) is 1.85. The van der Waals surface area contributed by atoms with Gasteiger partial charge in [0.05, 0.1) is 16.3 Å². The van der Waals surface area contributed by atoms with Crippen LogP contribution in [0.4, 0.5) is 13.2 Å². The average Bonchev–Trinajstić information content (AvgIpc) is 3.06. The van der Waals surface area contributed by atoms with Gasteiger partial charge in [-0.3, -0.25) is 0 Å². The van der Waals surface area contributed by atoms with Crippen LogP contribution in [0, 0.1) is 0 Å². The van der Waals surface area contributed by atoms with Gasteiger partial charge in [0, 0.05) is 5.56 Å². The van der Waals surface area contributed by atoms with Gasteiger partial charge in [-0.25, -0.2) is 31.8 Å². The van der Waals surface area contributed by atoms with Gasteiger partial charge >= 0.3 is 6.18 Å². The molecular formula is C16H13F3N4O4S2. The summed E-state index contributed by atoms with van der Waals surface area (Å²) in [6.07, 6.45) is -4.81. The molecule has 0 atom stereocenters. The van der Waals surface area contributed by atoms with E-state index in [4.69, 9.17) is 10.3 Å². The lowest BCUT2D eigenvalue weighted by Crippen LogP contribution is -2.16. The zero-order chi connectivity index (χ0) is 21.6. The van der Waals surface area contributed by atoms with Gasteiger partial charge in [0.15, 0.2) is 5.69 Å². The molecule has 2 aromatic carbocycles. The molecule has 3 rings (SSSR count). The van der Waals surface area contributed by atoms with Crippen molar-refractivity contribution in [3.05, 3.63) is 60.3 Å². The van der Waals surface area contributed by atoms with E-state index < -0.39 is 36.8 Å². The van der Waals surface area contributed by atoms with Gasteiger partial charge in [-0.2, -0.15) is 18.3 Å². The molecule has 3 aromatic rings. The highest BCUT2D eigenvalue weighted by Gasteiger charge is 2.35. The van der Waals surface area contributed by atoms with Crippen molar-refractivity contribution in [2.24, 2.45) is 10.3 Å². The number of alkyl halides is 3. The van der Waals surface area contributed by atoms with Crippen LogP contribution < -0.4 is 10.3 Å². The summed E-state index contributed by atoms with van der Waals surface area (Å²) in [5.41, 5.74) is -1.46. The maximum Gasteiger partial charge on any atom is 0.435 e. The zero-order valence-corrected chi connectivity index (χ0v) is 16.0. The number of primary sulfonamides is 2. The number of benzene rings is 2. The summed E-state index contributed by atoms with van der Waals surface area (Å²) in [6, 6.07) is 10.5. The van der Waals surface area contributed by atoms with Crippen molar-refractivity contribution in [1.82, 2.24) is 9.78 Å². The highest BCUT2D eigenvalue weighted by molar-refractivity contribution is 7.89. The number of nitrogens with zero attached hydrogens (tertiary/aromatic N) is 2. The first-order valence-electron chi connectivity index (χ1n) is 7.71. The number of hydrogen-bond acceptors (Lipinski definition) is 5. The third kappa shape index (κ3) is 4.32. The summed E-state index contributed by atoms with van der Waals surface area (Å²) in [7, 11) is -8.28. The minimum Gasteiger partial charge on any atom is -0.231 e. The lowest BCUT2D eigenvalue weighted by molar-refractivity contribution is -0.141. The Morgan fingerprint density at radius 1 is 0.862 bits per heavy atom. The Morgan fingerprint density at radius 2 is 1.45 bits per heavy atom. The van der Waals surface area contributed by atoms with Gasteiger partial charge in [-0.1, -0.05) is 24.3 Å². The fraction of sp³-hybridized carbons (Fsp3) is 0.0625. The van der Waals surface area contributed by atoms with Crippen LogP contribution in [0.15, 0.2) is 64.4 Å². The van der Waals surface area contributed by atoms with Gasteiger partial charge in [0.2, 0.25) is 20.0 Å². The van der Waals surface area contributed by atoms with E-state index in [9.17, 15) is 30.0 Å². The lowest BCUT2D eigenvalue weighted by Gasteiger charge is -2.11. The first kappa shape index (κ1) is 21.0. The molecule has 8 nitrogen and oxygen atoms in total. The third-order valence-electron chi connectivity index (χ3n) is 3.88. The Kier molecular flexibility index (Phi) is 5.03. The Bertz CT molecular complexity index is 1280. The standard InChI is InChI=1S/C16H13F3N4O4S2/c17-16(18,19)15-9-13(10-5-7-11(8-6-10)28(20,24)25)23(22-15)12-3-1-2-4-14(12)29(21,26)27/h1-9H,(H2,20,24,25)(H2,21,26,27). The molecule has 13 heteroatoms. The number of para-hydroxylation sites is 1. The molecule has 0 spiro atoms. The summed E-state index contributed by atoms with van der Waals surface area (Å²) in [5.74, 6) is 0. The number of nitrogens with two attached hydrogens (primary N) is 2. The van der Waals surface area contributed by atoms with Gasteiger partial charge in [0.25, 0.3) is 0 Å². The average molecular weight is 446 g/mol. The van der Waals surface area contributed by atoms with E-state index in [1.54, 1.807) is 0 Å². The van der Waals surface area contributed by atoms with Crippen LogP contribution in [-0.4, -0.2) is 26.6 Å². The van der Waals surface area contributed by atoms with E-state index in [0.717, 1.165) is 22.9 Å². The monoisotopic (exact) mass is 446 g/mol. The van der Waals surface area contributed by atoms with Crippen LogP contribution in [0.5, 0.6) is 0 Å². The Labute approximate surface area is 163 Å². The van der Waals surface area contributed by atoms with Crippen molar-refractivity contribution in [2.45, 2.75) is 16.0 Å². The highest BCUT2D eigenvalue weighted by atomic mass is 32.2. The minimum atomic E-state index is -4.81. The molecular weight excluding hydrogens is 433 g/mol. The Morgan fingerprint density at radius 3 is 1.97 bits per heavy atom. The largest absolute Gasteiger partial charge is 0.435 e. The number of rotatable bonds is 4. The second-order valence-electron chi connectivity index (χ2n) is 5.91. The highest BCUT2D eigenvalue weighted by Crippen LogP contribution is 2.34. The topological polar surface area (TPSA) is 138 Å². The van der Waals surface area contributed by atoms with Crippen LogP contribution in [0.2, 0.25) is 0 Å². The third-order valence-corrected chi connectivity index (χ3v) is 5.77. The van der Waals surface area contributed by atoms with Gasteiger partial charge in [0.1, 0.15) is 4.90 Å². The first-order chi connectivity index (χ1) is 13.3. The molecule has 1 heterocycles. The molecule has 0 aliphatic heterocycles. The van der Waals surface area contributed by atoms with E-state index in [1.165, 1.54) is 30.3 Å². The van der Waals surface area contributed by atoms with Crippen molar-refractivity contribution >= 4 is 20.0 Å². The van der Waals surface area contributed by atoms with Crippen LogP contribution in [-0.2, 0) is 26.2 Å². The molecule has 4 N–H and O–H groups in total. The molecule has 29 heavy (non-hydrogen) atoms. The van der Waals surface area contributed by atoms with Crippen molar-refractivity contribution < 1.29 is 30.0 Å². The molecule has 1 aromatic heterocycles. The molecule has 0 aliphatic carbocycles. The summed E-state index contributed by atoms with van der Waals surface area (Å²) in [5, 5.41) is 13.7. The summed E-state index contributed by atoms with van der Waals surface area (Å²) < 4.78 is 87.1. The van der Waals surface area contributed by atoms with Crippen molar-refractivity contribution in [3.8, 4) is 16.9 Å². The van der Waals surface area contributed by atoms with E-state index in [-0.39, 0.29) is 21.8 Å². The summed E-state index contributed by atoms with van der Waals surface area (Å²) >= 11 is 0. The fourth-order valence-corrected chi connectivity index (χ4v) is 3.83. The first-order valence-corrected chi connectivity index (χ1v) is 10.8. The molecule has 0 radical (unpaired) electrons. The molecule has 0 unspecified atom stereocenters. The van der Waals surface area contributed by atoms with Crippen molar-refractivity contribution in [1.29, 1.82) is 0 Å². The number of hydrogen-bond donors (Lipinski definition) is 2. The minimum absolute atomic E-state index is 0.130. The Balaban J connectivity index is 2.29. The van der Waals surface area contributed by atoms with Crippen molar-refractivity contribution in [3.63, 3.8) is 0 Å². The number of halogens is 3. The summed E-state index contributed by atoms with van der Waals surface area (Å²) in [4.78, 5) is -0.674. The molecule has 0 saturated heterocycles. The molecule has 0 amide bonds. The fourth-order valence-electron chi connectivity index (χ4n) is 2.60. The van der Waals surface area contributed by atoms with Crippen molar-refractivity contribution in [2.75, 3.05) is 0 Å². The smallest absolute Gasteiger partial charge is 0.231 e. The maximum absolute atomic E-state index is 13.3. The van der Waals surface area contributed by atoms with E-state index in [0.29, 0.717) is 6.07 Å². The summed E-state index contributed by atoms with van der Waals surface area (Å²) in [6.45, 7) is 0. The second-order valence-corrected chi connectivity index (χ2v) is 9.00.